The third-order valence-electron chi connectivity index (χ3n) is 3.16. The molecule has 1 fully saturated rings. The van der Waals surface area contributed by atoms with Gasteiger partial charge >= 0.3 is 0 Å². The maximum Gasteiger partial charge on any atom is 0.150 e. The molecule has 2 heterocycles. The molecule has 1 aromatic rings. The molecule has 0 bridgehead atoms. The lowest BCUT2D eigenvalue weighted by atomic mass is 9.89. The van der Waals surface area contributed by atoms with Crippen molar-refractivity contribution in [3.63, 3.8) is 0 Å². The van der Waals surface area contributed by atoms with Crippen LogP contribution in [0.4, 0.5) is 0 Å². The lowest BCUT2D eigenvalue weighted by molar-refractivity contribution is 0.370. The van der Waals surface area contributed by atoms with Crippen molar-refractivity contribution in [3.05, 3.63) is 16.6 Å². The third-order valence-corrected chi connectivity index (χ3v) is 5.75. The fraction of sp³-hybridized carbons (Fsp3) is 0.700. The fourth-order valence-corrected chi connectivity index (χ4v) is 4.85. The molecule has 2 atom stereocenters. The highest BCUT2D eigenvalue weighted by atomic mass is 32.2. The van der Waals surface area contributed by atoms with E-state index < -0.39 is 9.84 Å². The molecule has 1 aromatic heterocycles. The summed E-state index contributed by atoms with van der Waals surface area (Å²) >= 11 is 1.61. The zero-order valence-electron chi connectivity index (χ0n) is 9.00. The van der Waals surface area contributed by atoms with Crippen LogP contribution in [-0.2, 0) is 16.3 Å². The minimum Gasteiger partial charge on any atom is -0.330 e. The largest absolute Gasteiger partial charge is 0.330 e. The first-order chi connectivity index (χ1) is 7.61. The van der Waals surface area contributed by atoms with Crippen molar-refractivity contribution in [2.24, 2.45) is 17.6 Å². The minimum absolute atomic E-state index is 0.221. The third kappa shape index (κ3) is 2.81. The van der Waals surface area contributed by atoms with Gasteiger partial charge in [-0.25, -0.2) is 13.4 Å². The highest BCUT2D eigenvalue weighted by Crippen LogP contribution is 2.28. The van der Waals surface area contributed by atoms with Gasteiger partial charge in [0.1, 0.15) is 0 Å². The second-order valence-corrected chi connectivity index (χ2v) is 7.50. The number of nitrogens with two attached hydrogens (primary N) is 1. The highest BCUT2D eigenvalue weighted by Gasteiger charge is 2.33. The number of rotatable bonds is 4. The van der Waals surface area contributed by atoms with E-state index in [0.29, 0.717) is 18.1 Å². The minimum atomic E-state index is -2.80. The van der Waals surface area contributed by atoms with Crippen molar-refractivity contribution in [1.29, 1.82) is 0 Å². The Bertz CT molecular complexity index is 428. The Hall–Kier alpha value is -0.460. The van der Waals surface area contributed by atoms with E-state index in [4.69, 9.17) is 5.73 Å². The summed E-state index contributed by atoms with van der Waals surface area (Å²) in [6.07, 6.45) is 3.35. The summed E-state index contributed by atoms with van der Waals surface area (Å²) in [7, 11) is -2.80. The summed E-state index contributed by atoms with van der Waals surface area (Å²) in [6.45, 7) is 0.541. The van der Waals surface area contributed by atoms with Gasteiger partial charge in [-0.15, -0.1) is 11.3 Å². The maximum atomic E-state index is 11.4. The molecule has 16 heavy (non-hydrogen) atoms. The lowest BCUT2D eigenvalue weighted by Crippen LogP contribution is -2.26. The van der Waals surface area contributed by atoms with E-state index >= 15 is 0 Å². The summed E-state index contributed by atoms with van der Waals surface area (Å²) in [6, 6.07) is 0. The van der Waals surface area contributed by atoms with Gasteiger partial charge < -0.3 is 5.73 Å². The zero-order valence-corrected chi connectivity index (χ0v) is 10.6. The van der Waals surface area contributed by atoms with Crippen molar-refractivity contribution >= 4 is 21.2 Å². The molecule has 1 aliphatic rings. The predicted octanol–water partition coefficient (Wildman–Crippen LogP) is 0.695. The van der Waals surface area contributed by atoms with E-state index in [0.717, 1.165) is 17.8 Å². The average Bonchev–Trinajstić information content (AvgIpc) is 2.83. The summed E-state index contributed by atoms with van der Waals surface area (Å²) in [4.78, 5) is 4.23. The number of hydrogen-bond acceptors (Lipinski definition) is 5. The van der Waals surface area contributed by atoms with E-state index in [1.54, 1.807) is 17.5 Å². The monoisotopic (exact) mass is 260 g/mol. The Labute approximate surface area is 99.8 Å². The number of nitrogens with zero attached hydrogens (tertiary/aromatic N) is 1. The van der Waals surface area contributed by atoms with Gasteiger partial charge in [-0.2, -0.15) is 0 Å². The van der Waals surface area contributed by atoms with Gasteiger partial charge in [0.25, 0.3) is 0 Å². The topological polar surface area (TPSA) is 73.0 Å². The Balaban J connectivity index is 2.01. The Kier molecular flexibility index (Phi) is 3.61. The lowest BCUT2D eigenvalue weighted by Gasteiger charge is -2.19. The van der Waals surface area contributed by atoms with Crippen LogP contribution < -0.4 is 5.73 Å². The van der Waals surface area contributed by atoms with Crippen molar-refractivity contribution in [2.75, 3.05) is 18.1 Å². The van der Waals surface area contributed by atoms with Gasteiger partial charge in [0, 0.05) is 18.0 Å². The molecule has 4 nitrogen and oxygen atoms in total. The quantitative estimate of drug-likeness (QED) is 0.864. The second-order valence-electron chi connectivity index (χ2n) is 4.29. The number of sulfone groups is 1. The van der Waals surface area contributed by atoms with Crippen LogP contribution in [0.3, 0.4) is 0 Å². The van der Waals surface area contributed by atoms with E-state index in [1.807, 2.05) is 5.38 Å². The van der Waals surface area contributed by atoms with Crippen LogP contribution in [0.2, 0.25) is 0 Å². The summed E-state index contributed by atoms with van der Waals surface area (Å²) < 4.78 is 22.8. The zero-order chi connectivity index (χ0) is 11.6. The fourth-order valence-electron chi connectivity index (χ4n) is 2.22. The standard InChI is InChI=1S/C10H16N2O2S2/c11-6-9(5-10-12-2-3-15-10)8-1-4-16(13,14)7-8/h2-3,8-9H,1,4-7,11H2. The molecule has 2 N–H and O–H groups in total. The smallest absolute Gasteiger partial charge is 0.150 e. The molecule has 0 aromatic carbocycles. The van der Waals surface area contributed by atoms with Crippen LogP contribution in [0.15, 0.2) is 11.6 Å². The van der Waals surface area contributed by atoms with Crippen molar-refractivity contribution in [3.8, 4) is 0 Å². The number of thiazole rings is 1. The Morgan fingerprint density at radius 1 is 1.62 bits per heavy atom. The summed E-state index contributed by atoms with van der Waals surface area (Å²) in [5, 5.41) is 2.99. The molecule has 0 radical (unpaired) electrons. The number of hydrogen-bond donors (Lipinski definition) is 1. The first kappa shape index (κ1) is 12.0. The molecular weight excluding hydrogens is 244 g/mol. The van der Waals surface area contributed by atoms with Crippen LogP contribution in [0.25, 0.3) is 0 Å². The molecule has 1 aliphatic heterocycles. The van der Waals surface area contributed by atoms with E-state index in [2.05, 4.69) is 4.98 Å². The SMILES string of the molecule is NCC(Cc1nccs1)C1CCS(=O)(=O)C1. The summed E-state index contributed by atoms with van der Waals surface area (Å²) in [5.74, 6) is 1.11. The van der Waals surface area contributed by atoms with Crippen LogP contribution in [-0.4, -0.2) is 31.5 Å². The number of aromatic nitrogens is 1. The molecule has 6 heteroatoms. The van der Waals surface area contributed by atoms with Crippen LogP contribution in [0, 0.1) is 11.8 Å². The van der Waals surface area contributed by atoms with Crippen LogP contribution in [0.1, 0.15) is 11.4 Å². The highest BCUT2D eigenvalue weighted by molar-refractivity contribution is 7.91. The average molecular weight is 260 g/mol. The second kappa shape index (κ2) is 4.81. The molecule has 0 amide bonds. The van der Waals surface area contributed by atoms with Gasteiger partial charge in [-0.05, 0) is 24.8 Å². The van der Waals surface area contributed by atoms with Crippen LogP contribution in [0.5, 0.6) is 0 Å². The first-order valence-corrected chi connectivity index (χ1v) is 8.09. The van der Waals surface area contributed by atoms with Gasteiger partial charge in [-0.1, -0.05) is 0 Å². The molecule has 2 unspecified atom stereocenters. The molecule has 2 rings (SSSR count). The van der Waals surface area contributed by atoms with Crippen LogP contribution >= 0.6 is 11.3 Å². The molecular formula is C10H16N2O2S2. The van der Waals surface area contributed by atoms with Gasteiger partial charge in [0.15, 0.2) is 9.84 Å². The van der Waals surface area contributed by atoms with Gasteiger partial charge in [0.05, 0.1) is 16.5 Å². The first-order valence-electron chi connectivity index (χ1n) is 5.39. The van der Waals surface area contributed by atoms with E-state index in [9.17, 15) is 8.42 Å². The molecule has 90 valence electrons. The van der Waals surface area contributed by atoms with Gasteiger partial charge in [-0.3, -0.25) is 0 Å². The molecule has 0 aliphatic carbocycles. The molecule has 1 saturated heterocycles. The van der Waals surface area contributed by atoms with Gasteiger partial charge in [0.2, 0.25) is 0 Å². The summed E-state index contributed by atoms with van der Waals surface area (Å²) in [5.41, 5.74) is 5.74. The molecule has 0 spiro atoms. The maximum absolute atomic E-state index is 11.4. The van der Waals surface area contributed by atoms with Crippen molar-refractivity contribution < 1.29 is 8.42 Å². The van der Waals surface area contributed by atoms with Crippen molar-refractivity contribution in [2.45, 2.75) is 12.8 Å². The van der Waals surface area contributed by atoms with Crippen molar-refractivity contribution in [1.82, 2.24) is 4.98 Å². The molecule has 0 saturated carbocycles. The normalized spacial score (nSPS) is 25.7. The van der Waals surface area contributed by atoms with E-state index in [-0.39, 0.29) is 11.8 Å². The van der Waals surface area contributed by atoms with E-state index in [1.165, 1.54) is 0 Å². The predicted molar refractivity (Wildman–Crippen MR) is 65.1 cm³/mol. The Morgan fingerprint density at radius 3 is 2.94 bits per heavy atom. The Morgan fingerprint density at radius 2 is 2.44 bits per heavy atom.